The molecule has 2 rings (SSSR count). The number of methoxy groups -OCH3 is 1. The molecule has 2 aromatic rings. The second-order valence-corrected chi connectivity index (χ2v) is 5.69. The van der Waals surface area contributed by atoms with E-state index in [0.29, 0.717) is 0 Å². The Morgan fingerprint density at radius 3 is 2.43 bits per heavy atom. The van der Waals surface area contributed by atoms with Gasteiger partial charge in [-0.3, -0.25) is 0 Å². The number of ether oxygens (including phenoxy) is 1. The van der Waals surface area contributed by atoms with E-state index in [1.807, 2.05) is 32.3 Å². The number of hydrogen-bond acceptors (Lipinski definition) is 5. The van der Waals surface area contributed by atoms with Crippen molar-refractivity contribution in [3.8, 4) is 5.75 Å². The van der Waals surface area contributed by atoms with E-state index in [4.69, 9.17) is 16.3 Å². The van der Waals surface area contributed by atoms with Crippen LogP contribution in [0.3, 0.4) is 0 Å². The third-order valence-corrected chi connectivity index (χ3v) is 3.83. The Kier molecular flexibility index (Phi) is 5.78. The Morgan fingerprint density at radius 1 is 1.22 bits per heavy atom. The van der Waals surface area contributed by atoms with Crippen molar-refractivity contribution in [2.75, 3.05) is 27.7 Å². The molecule has 1 atom stereocenters. The van der Waals surface area contributed by atoms with Crippen LogP contribution < -0.4 is 16.3 Å². The lowest BCUT2D eigenvalue weighted by Gasteiger charge is -2.27. The van der Waals surface area contributed by atoms with Crippen LogP contribution in [-0.4, -0.2) is 44.1 Å². The first-order valence-corrected chi connectivity index (χ1v) is 7.56. The van der Waals surface area contributed by atoms with Gasteiger partial charge in [-0.05, 0) is 50.0 Å². The third-order valence-electron chi connectivity index (χ3n) is 3.83. The first kappa shape index (κ1) is 17.1. The largest absolute Gasteiger partial charge is 0.496 e. The number of hydrogen-bond donors (Lipinski definition) is 2. The Labute approximate surface area is 137 Å². The van der Waals surface area contributed by atoms with E-state index in [-0.39, 0.29) is 6.04 Å². The van der Waals surface area contributed by atoms with Crippen molar-refractivity contribution < 1.29 is 4.74 Å². The molecule has 0 fully saturated rings. The Bertz CT molecular complexity index is 671. The zero-order chi connectivity index (χ0) is 16.8. The summed E-state index contributed by atoms with van der Waals surface area (Å²) in [7, 11) is 5.73. The zero-order valence-electron chi connectivity index (χ0n) is 13.9. The van der Waals surface area contributed by atoms with Crippen molar-refractivity contribution in [3.63, 3.8) is 0 Å². The van der Waals surface area contributed by atoms with Crippen molar-refractivity contribution >= 4 is 17.1 Å². The van der Waals surface area contributed by atoms with Gasteiger partial charge in [0.1, 0.15) is 12.1 Å². The smallest absolute Gasteiger partial charge is 0.124 e. The second kappa shape index (κ2) is 7.80. The maximum absolute atomic E-state index is 6.10. The molecule has 0 aromatic heterocycles. The van der Waals surface area contributed by atoms with E-state index in [2.05, 4.69) is 28.2 Å². The van der Waals surface area contributed by atoms with Crippen molar-refractivity contribution in [1.29, 1.82) is 0 Å². The molecular formula is C17H25N5O. The normalized spacial score (nSPS) is 12.9. The summed E-state index contributed by atoms with van der Waals surface area (Å²) in [5.41, 5.74) is 6.41. The maximum atomic E-state index is 6.10. The molecule has 0 aliphatic rings. The number of rotatable bonds is 7. The third kappa shape index (κ3) is 4.12. The molecule has 0 aliphatic heterocycles. The Hall–Kier alpha value is -2.31. The van der Waals surface area contributed by atoms with Crippen molar-refractivity contribution in [2.24, 2.45) is 16.7 Å². The topological polar surface area (TPSA) is 80.1 Å². The molecule has 4 N–H and O–H groups in total. The van der Waals surface area contributed by atoms with Gasteiger partial charge in [-0.25, -0.2) is 11.0 Å². The van der Waals surface area contributed by atoms with Crippen LogP contribution in [-0.2, 0) is 0 Å². The number of nitrogens with two attached hydrogens (primary N) is 2. The molecule has 6 nitrogen and oxygen atoms in total. The van der Waals surface area contributed by atoms with Crippen molar-refractivity contribution in [2.45, 2.75) is 12.5 Å². The lowest BCUT2D eigenvalue weighted by molar-refractivity contribution is 0.184. The van der Waals surface area contributed by atoms with E-state index in [0.717, 1.165) is 35.1 Å². The Morgan fingerprint density at radius 2 is 1.87 bits per heavy atom. The monoisotopic (exact) mass is 315 g/mol. The summed E-state index contributed by atoms with van der Waals surface area (Å²) in [6, 6.07) is 12.2. The zero-order valence-corrected chi connectivity index (χ0v) is 13.9. The van der Waals surface area contributed by atoms with Crippen molar-refractivity contribution in [3.05, 3.63) is 42.0 Å². The fourth-order valence-corrected chi connectivity index (χ4v) is 2.64. The lowest BCUT2D eigenvalue weighted by Crippen LogP contribution is -2.33. The summed E-state index contributed by atoms with van der Waals surface area (Å²) in [6.45, 7) is 0.869. The molecule has 23 heavy (non-hydrogen) atoms. The standard InChI is InChI=1S/C17H25N5O/c1-21(2)9-8-16(22(19)20-12-18)15-10-13-6-4-5-7-14(13)11-17(15)23-3/h4-7,10-12,16H,8-9,19H2,1-3H3,(H2,18,20). The van der Waals surface area contributed by atoms with E-state index >= 15 is 0 Å². The molecular weight excluding hydrogens is 290 g/mol. The highest BCUT2D eigenvalue weighted by Crippen LogP contribution is 2.34. The minimum atomic E-state index is -0.128. The molecule has 124 valence electrons. The summed E-state index contributed by atoms with van der Waals surface area (Å²) in [5, 5.41) is 7.70. The van der Waals surface area contributed by atoms with Gasteiger partial charge < -0.3 is 15.4 Å². The average molecular weight is 315 g/mol. The minimum Gasteiger partial charge on any atom is -0.496 e. The molecule has 2 aromatic carbocycles. The summed E-state index contributed by atoms with van der Waals surface area (Å²) in [4.78, 5) is 2.11. The highest BCUT2D eigenvalue weighted by molar-refractivity contribution is 5.85. The van der Waals surface area contributed by atoms with Gasteiger partial charge in [0.2, 0.25) is 0 Å². The highest BCUT2D eigenvalue weighted by Gasteiger charge is 2.21. The molecule has 0 saturated carbocycles. The van der Waals surface area contributed by atoms with E-state index in [1.165, 1.54) is 11.5 Å². The van der Waals surface area contributed by atoms with Gasteiger partial charge in [-0.2, -0.15) is 5.10 Å². The van der Waals surface area contributed by atoms with Gasteiger partial charge in [-0.15, -0.1) is 0 Å². The lowest BCUT2D eigenvalue weighted by atomic mass is 9.98. The average Bonchev–Trinajstić information content (AvgIpc) is 2.54. The Balaban J connectivity index is 2.48. The molecule has 0 amide bonds. The number of hydrazine groups is 1. The van der Waals surface area contributed by atoms with Gasteiger partial charge in [0.05, 0.1) is 13.2 Å². The van der Waals surface area contributed by atoms with Gasteiger partial charge in [0.25, 0.3) is 0 Å². The van der Waals surface area contributed by atoms with Crippen LogP contribution in [0.25, 0.3) is 10.8 Å². The number of benzene rings is 2. The fraction of sp³-hybridized carbons (Fsp3) is 0.353. The first-order chi connectivity index (χ1) is 11.1. The van der Waals surface area contributed by atoms with Gasteiger partial charge >= 0.3 is 0 Å². The van der Waals surface area contributed by atoms with Crippen LogP contribution >= 0.6 is 0 Å². The highest BCUT2D eigenvalue weighted by atomic mass is 16.5. The summed E-state index contributed by atoms with van der Waals surface area (Å²) >= 11 is 0. The minimum absolute atomic E-state index is 0.128. The van der Waals surface area contributed by atoms with Gasteiger partial charge in [0, 0.05) is 5.56 Å². The van der Waals surface area contributed by atoms with Gasteiger partial charge in [-0.1, -0.05) is 24.3 Å². The SMILES string of the molecule is COc1cc2ccccc2cc1C(CCN(C)C)N(N)/N=C\N. The van der Waals surface area contributed by atoms with E-state index in [9.17, 15) is 0 Å². The summed E-state index contributed by atoms with van der Waals surface area (Å²) in [5.74, 6) is 6.90. The predicted octanol–water partition coefficient (Wildman–Crippen LogP) is 1.92. The molecule has 6 heteroatoms. The van der Waals surface area contributed by atoms with Crippen LogP contribution in [0.15, 0.2) is 41.5 Å². The number of fused-ring (bicyclic) bond motifs is 1. The second-order valence-electron chi connectivity index (χ2n) is 5.69. The van der Waals surface area contributed by atoms with Crippen LogP contribution in [0.1, 0.15) is 18.0 Å². The molecule has 0 bridgehead atoms. The molecule has 0 radical (unpaired) electrons. The van der Waals surface area contributed by atoms with Crippen LogP contribution in [0.4, 0.5) is 0 Å². The van der Waals surface area contributed by atoms with E-state index in [1.54, 1.807) is 7.11 Å². The first-order valence-electron chi connectivity index (χ1n) is 7.56. The fourth-order valence-electron chi connectivity index (χ4n) is 2.64. The van der Waals surface area contributed by atoms with Crippen LogP contribution in [0.2, 0.25) is 0 Å². The molecule has 0 heterocycles. The van der Waals surface area contributed by atoms with Crippen molar-refractivity contribution in [1.82, 2.24) is 10.0 Å². The van der Waals surface area contributed by atoms with Crippen LogP contribution in [0.5, 0.6) is 5.75 Å². The number of nitrogens with zero attached hydrogens (tertiary/aromatic N) is 3. The quantitative estimate of drug-likeness (QED) is 0.353. The van der Waals surface area contributed by atoms with Crippen LogP contribution in [0, 0.1) is 0 Å². The van der Waals surface area contributed by atoms with E-state index < -0.39 is 0 Å². The predicted molar refractivity (Wildman–Crippen MR) is 95.1 cm³/mol. The molecule has 0 saturated heterocycles. The summed E-state index contributed by atoms with van der Waals surface area (Å²) < 4.78 is 5.59. The molecule has 0 spiro atoms. The molecule has 1 unspecified atom stereocenters. The molecule has 0 aliphatic carbocycles. The van der Waals surface area contributed by atoms with Gasteiger partial charge in [0.15, 0.2) is 0 Å². The maximum Gasteiger partial charge on any atom is 0.124 e. The summed E-state index contributed by atoms with van der Waals surface area (Å²) in [6.07, 6.45) is 2.01. The number of hydrazone groups is 1.